The van der Waals surface area contributed by atoms with Crippen LogP contribution in [0.3, 0.4) is 0 Å². The van der Waals surface area contributed by atoms with E-state index in [1.807, 2.05) is 30.3 Å². The van der Waals surface area contributed by atoms with Gasteiger partial charge in [-0.25, -0.2) is 0 Å². The molecular formula is C21H22N6O4S. The second-order valence-electron chi connectivity index (χ2n) is 6.99. The molecule has 2 N–H and O–H groups in total. The van der Waals surface area contributed by atoms with E-state index in [4.69, 9.17) is 0 Å². The highest BCUT2D eigenvalue weighted by Gasteiger charge is 2.15. The summed E-state index contributed by atoms with van der Waals surface area (Å²) in [5, 5.41) is 25.1. The van der Waals surface area contributed by atoms with Gasteiger partial charge in [-0.3, -0.25) is 19.7 Å². The zero-order valence-corrected chi connectivity index (χ0v) is 18.4. The maximum absolute atomic E-state index is 12.3. The molecule has 0 bridgehead atoms. The normalized spacial score (nSPS) is 10.6. The van der Waals surface area contributed by atoms with Gasteiger partial charge in [0.25, 0.3) is 5.69 Å². The molecule has 1 aromatic heterocycles. The van der Waals surface area contributed by atoms with Gasteiger partial charge in [0.2, 0.25) is 11.8 Å². The maximum Gasteiger partial charge on any atom is 0.271 e. The fourth-order valence-corrected chi connectivity index (χ4v) is 3.55. The van der Waals surface area contributed by atoms with Crippen molar-refractivity contribution in [3.05, 3.63) is 75.6 Å². The van der Waals surface area contributed by atoms with Crippen molar-refractivity contribution in [2.24, 2.45) is 7.05 Å². The predicted octanol–water partition coefficient (Wildman–Crippen LogP) is 2.62. The van der Waals surface area contributed by atoms with Crippen LogP contribution in [0.4, 0.5) is 11.4 Å². The largest absolute Gasteiger partial charge is 0.349 e. The molecule has 0 unspecified atom stereocenters. The van der Waals surface area contributed by atoms with Gasteiger partial charge in [0.05, 0.1) is 29.3 Å². The third-order valence-electron chi connectivity index (χ3n) is 4.61. The summed E-state index contributed by atoms with van der Waals surface area (Å²) in [6.45, 7) is 1.97. The first-order valence-corrected chi connectivity index (χ1v) is 10.7. The molecule has 11 heteroatoms. The number of amides is 2. The van der Waals surface area contributed by atoms with Crippen molar-refractivity contribution in [2.45, 2.75) is 25.0 Å². The van der Waals surface area contributed by atoms with Crippen LogP contribution < -0.4 is 10.6 Å². The molecular weight excluding hydrogens is 432 g/mol. The lowest BCUT2D eigenvalue weighted by atomic mass is 10.1. The molecule has 0 fully saturated rings. The minimum absolute atomic E-state index is 0.0501. The Hall–Kier alpha value is -3.73. The Morgan fingerprint density at radius 3 is 2.59 bits per heavy atom. The average molecular weight is 455 g/mol. The van der Waals surface area contributed by atoms with Crippen molar-refractivity contribution in [3.63, 3.8) is 0 Å². The van der Waals surface area contributed by atoms with E-state index in [0.717, 1.165) is 11.1 Å². The minimum atomic E-state index is -0.510. The van der Waals surface area contributed by atoms with Crippen molar-refractivity contribution in [1.82, 2.24) is 20.1 Å². The van der Waals surface area contributed by atoms with E-state index in [-0.39, 0.29) is 36.2 Å². The molecule has 3 aromatic rings. The Kier molecular flexibility index (Phi) is 7.55. The van der Waals surface area contributed by atoms with Gasteiger partial charge in [-0.15, -0.1) is 10.2 Å². The molecule has 2 aromatic carbocycles. The zero-order valence-electron chi connectivity index (χ0n) is 17.6. The molecule has 0 saturated carbocycles. The van der Waals surface area contributed by atoms with E-state index in [2.05, 4.69) is 20.8 Å². The van der Waals surface area contributed by atoms with Gasteiger partial charge in [0.15, 0.2) is 11.0 Å². The monoisotopic (exact) mass is 454 g/mol. The summed E-state index contributed by atoms with van der Waals surface area (Å²) >= 11 is 1.18. The van der Waals surface area contributed by atoms with Crippen LogP contribution >= 0.6 is 11.8 Å². The van der Waals surface area contributed by atoms with Crippen LogP contribution in [-0.4, -0.2) is 37.3 Å². The number of aromatic nitrogens is 3. The Morgan fingerprint density at radius 2 is 1.88 bits per heavy atom. The van der Waals surface area contributed by atoms with Gasteiger partial charge in [-0.05, 0) is 18.1 Å². The summed E-state index contributed by atoms with van der Waals surface area (Å²) in [5.74, 6) is 0.164. The number of benzene rings is 2. The van der Waals surface area contributed by atoms with Crippen molar-refractivity contribution in [2.75, 3.05) is 11.1 Å². The highest BCUT2D eigenvalue weighted by atomic mass is 32.2. The number of hydrogen-bond donors (Lipinski definition) is 2. The van der Waals surface area contributed by atoms with E-state index in [0.29, 0.717) is 16.7 Å². The van der Waals surface area contributed by atoms with E-state index < -0.39 is 4.92 Å². The van der Waals surface area contributed by atoms with Crippen molar-refractivity contribution in [3.8, 4) is 0 Å². The van der Waals surface area contributed by atoms with Crippen LogP contribution in [0.15, 0.2) is 53.7 Å². The van der Waals surface area contributed by atoms with Gasteiger partial charge >= 0.3 is 0 Å². The van der Waals surface area contributed by atoms with Crippen LogP contribution in [-0.2, 0) is 29.6 Å². The number of non-ortho nitro benzene ring substituents is 1. The Labute approximate surface area is 188 Å². The lowest BCUT2D eigenvalue weighted by Gasteiger charge is -2.08. The lowest BCUT2D eigenvalue weighted by molar-refractivity contribution is -0.384. The van der Waals surface area contributed by atoms with Crippen molar-refractivity contribution in [1.29, 1.82) is 0 Å². The molecule has 3 rings (SSSR count). The number of nitro benzene ring substituents is 1. The number of carbonyl (C=O) groups is 2. The fourth-order valence-electron chi connectivity index (χ4n) is 2.82. The molecule has 0 atom stereocenters. The van der Waals surface area contributed by atoms with Crippen molar-refractivity contribution < 1.29 is 14.5 Å². The number of rotatable bonds is 9. The highest BCUT2D eigenvalue weighted by molar-refractivity contribution is 7.99. The second-order valence-corrected chi connectivity index (χ2v) is 7.93. The Bertz CT molecular complexity index is 1130. The molecule has 0 aliphatic heterocycles. The van der Waals surface area contributed by atoms with Crippen LogP contribution in [0.25, 0.3) is 0 Å². The highest BCUT2D eigenvalue weighted by Crippen LogP contribution is 2.23. The first-order valence-electron chi connectivity index (χ1n) is 9.70. The molecule has 166 valence electrons. The van der Waals surface area contributed by atoms with Crippen LogP contribution in [0.5, 0.6) is 0 Å². The van der Waals surface area contributed by atoms with Crippen LogP contribution in [0, 0.1) is 17.0 Å². The third-order valence-corrected chi connectivity index (χ3v) is 5.63. The van der Waals surface area contributed by atoms with Gasteiger partial charge in [0, 0.05) is 19.2 Å². The molecule has 0 aliphatic rings. The average Bonchev–Trinajstić information content (AvgIpc) is 3.12. The number of anilines is 1. The summed E-state index contributed by atoms with van der Waals surface area (Å²) in [6.07, 6.45) is 0.275. The molecule has 32 heavy (non-hydrogen) atoms. The lowest BCUT2D eigenvalue weighted by Crippen LogP contribution is -2.26. The molecule has 0 saturated heterocycles. The SMILES string of the molecule is Cc1ccc([N+](=O)[O-])cc1NC(=O)CSc1nnc(CNC(=O)Cc2ccccc2)n1C. The quantitative estimate of drug-likeness (QED) is 0.288. The number of nitrogens with one attached hydrogen (secondary N) is 2. The number of nitrogens with zero attached hydrogens (tertiary/aromatic N) is 4. The van der Waals surface area contributed by atoms with Gasteiger partial charge in [-0.2, -0.15) is 0 Å². The minimum Gasteiger partial charge on any atom is -0.349 e. The Balaban J connectivity index is 1.51. The van der Waals surface area contributed by atoms with Gasteiger partial charge in [0.1, 0.15) is 0 Å². The van der Waals surface area contributed by atoms with E-state index in [1.54, 1.807) is 24.6 Å². The number of aryl methyl sites for hydroxylation is 1. The first kappa shape index (κ1) is 22.9. The standard InChI is InChI=1S/C21H22N6O4S/c1-14-8-9-16(27(30)31)11-17(14)23-20(29)13-32-21-25-24-18(26(21)2)12-22-19(28)10-15-6-4-3-5-7-15/h3-9,11H,10,12-13H2,1-2H3,(H,22,28)(H,23,29). The van der Waals surface area contributed by atoms with E-state index >= 15 is 0 Å². The van der Waals surface area contributed by atoms with Crippen LogP contribution in [0.2, 0.25) is 0 Å². The predicted molar refractivity (Wildman–Crippen MR) is 120 cm³/mol. The number of hydrogen-bond acceptors (Lipinski definition) is 7. The smallest absolute Gasteiger partial charge is 0.271 e. The van der Waals surface area contributed by atoms with E-state index in [9.17, 15) is 19.7 Å². The van der Waals surface area contributed by atoms with Gasteiger partial charge < -0.3 is 15.2 Å². The zero-order chi connectivity index (χ0) is 23.1. The summed E-state index contributed by atoms with van der Waals surface area (Å²) in [7, 11) is 1.75. The number of thioether (sulfide) groups is 1. The molecule has 10 nitrogen and oxygen atoms in total. The number of nitro groups is 1. The topological polar surface area (TPSA) is 132 Å². The Morgan fingerprint density at radius 1 is 1.12 bits per heavy atom. The summed E-state index contributed by atoms with van der Waals surface area (Å²) in [5.41, 5.74) is 1.95. The summed E-state index contributed by atoms with van der Waals surface area (Å²) < 4.78 is 1.71. The molecule has 0 aliphatic carbocycles. The van der Waals surface area contributed by atoms with E-state index in [1.165, 1.54) is 23.9 Å². The van der Waals surface area contributed by atoms with Crippen molar-refractivity contribution >= 4 is 35.0 Å². The maximum atomic E-state index is 12.3. The first-order chi connectivity index (χ1) is 15.3. The molecule has 1 heterocycles. The molecule has 0 spiro atoms. The molecule has 0 radical (unpaired) electrons. The van der Waals surface area contributed by atoms with Gasteiger partial charge in [-0.1, -0.05) is 48.2 Å². The third kappa shape index (κ3) is 6.14. The summed E-state index contributed by atoms with van der Waals surface area (Å²) in [6, 6.07) is 13.7. The fraction of sp³-hybridized carbons (Fsp3) is 0.238. The number of carbonyl (C=O) groups excluding carboxylic acids is 2. The van der Waals surface area contributed by atoms with Crippen LogP contribution in [0.1, 0.15) is 17.0 Å². The summed E-state index contributed by atoms with van der Waals surface area (Å²) in [4.78, 5) is 34.8. The second kappa shape index (κ2) is 10.5. The molecule has 2 amide bonds.